The third-order valence-electron chi connectivity index (χ3n) is 4.88. The van der Waals surface area contributed by atoms with E-state index in [1.807, 2.05) is 0 Å². The lowest BCUT2D eigenvalue weighted by molar-refractivity contribution is 0.113. The van der Waals surface area contributed by atoms with Crippen LogP contribution in [0.1, 0.15) is 65.1 Å². The molecule has 2 unspecified atom stereocenters. The van der Waals surface area contributed by atoms with E-state index in [0.717, 1.165) is 13.0 Å². The summed E-state index contributed by atoms with van der Waals surface area (Å²) >= 11 is 0. The van der Waals surface area contributed by atoms with Crippen LogP contribution in [0.2, 0.25) is 0 Å². The summed E-state index contributed by atoms with van der Waals surface area (Å²) in [7, 11) is 4.36. The maximum atomic E-state index is 3.69. The fourth-order valence-electron chi connectivity index (χ4n) is 2.86. The van der Waals surface area contributed by atoms with Crippen LogP contribution in [0, 0.1) is 0 Å². The van der Waals surface area contributed by atoms with Crippen molar-refractivity contribution >= 4 is 0 Å². The van der Waals surface area contributed by atoms with Crippen LogP contribution in [-0.4, -0.2) is 31.1 Å². The Balaban J connectivity index is 3.17. The van der Waals surface area contributed by atoms with E-state index >= 15 is 0 Å². The number of hydrogen-bond donors (Lipinski definition) is 1. The first-order valence-corrected chi connectivity index (χ1v) is 8.18. The van der Waals surface area contributed by atoms with Crippen molar-refractivity contribution in [3.63, 3.8) is 0 Å². The highest BCUT2D eigenvalue weighted by molar-refractivity contribution is 5.31. The van der Waals surface area contributed by atoms with Gasteiger partial charge in [-0.15, -0.1) is 0 Å². The normalized spacial score (nSPS) is 16.8. The quantitative estimate of drug-likeness (QED) is 0.837. The molecule has 21 heavy (non-hydrogen) atoms. The summed E-state index contributed by atoms with van der Waals surface area (Å²) in [5.41, 5.74) is 3.09. The predicted molar refractivity (Wildman–Crippen MR) is 93.9 cm³/mol. The molecule has 120 valence electrons. The zero-order valence-corrected chi connectivity index (χ0v) is 15.2. The van der Waals surface area contributed by atoms with Crippen molar-refractivity contribution in [2.45, 2.75) is 65.0 Å². The molecule has 0 saturated heterocycles. The van der Waals surface area contributed by atoms with Gasteiger partial charge < -0.3 is 10.2 Å². The fourth-order valence-corrected chi connectivity index (χ4v) is 2.86. The Morgan fingerprint density at radius 1 is 1.00 bits per heavy atom. The Hall–Kier alpha value is -0.860. The number of nitrogens with one attached hydrogen (secondary N) is 1. The van der Waals surface area contributed by atoms with Gasteiger partial charge in [-0.2, -0.15) is 0 Å². The predicted octanol–water partition coefficient (Wildman–Crippen LogP) is 4.37. The van der Waals surface area contributed by atoms with Crippen LogP contribution in [-0.2, 0) is 5.41 Å². The average Bonchev–Trinajstić information content (AvgIpc) is 2.43. The molecule has 0 aliphatic rings. The second kappa shape index (κ2) is 6.93. The number of rotatable bonds is 6. The van der Waals surface area contributed by atoms with E-state index in [9.17, 15) is 0 Å². The molecular formula is C19H34N2. The van der Waals surface area contributed by atoms with Gasteiger partial charge in [-0.25, -0.2) is 0 Å². The number of nitrogens with zero attached hydrogens (tertiary/aromatic N) is 1. The SMILES string of the molecule is CCNC(c1ccc(C(C)(C)C)cc1)C(C)(CC)N(C)C. The fraction of sp³-hybridized carbons (Fsp3) is 0.684. The van der Waals surface area contributed by atoms with E-state index in [-0.39, 0.29) is 11.0 Å². The second-order valence-corrected chi connectivity index (χ2v) is 7.47. The van der Waals surface area contributed by atoms with Gasteiger partial charge in [0, 0.05) is 5.54 Å². The molecule has 2 nitrogen and oxygen atoms in total. The van der Waals surface area contributed by atoms with E-state index in [0.29, 0.717) is 6.04 Å². The number of likely N-dealkylation sites (N-methyl/N-ethyl adjacent to an activating group) is 2. The van der Waals surface area contributed by atoms with Crippen LogP contribution in [0.5, 0.6) is 0 Å². The molecule has 0 amide bonds. The zero-order chi connectivity index (χ0) is 16.3. The Labute approximate surface area is 131 Å². The second-order valence-electron chi connectivity index (χ2n) is 7.47. The van der Waals surface area contributed by atoms with Gasteiger partial charge in [0.2, 0.25) is 0 Å². The summed E-state index contributed by atoms with van der Waals surface area (Å²) < 4.78 is 0. The van der Waals surface area contributed by atoms with Gasteiger partial charge in [0.15, 0.2) is 0 Å². The largest absolute Gasteiger partial charge is 0.309 e. The molecule has 0 spiro atoms. The molecule has 0 aromatic heterocycles. The lowest BCUT2D eigenvalue weighted by atomic mass is 9.81. The molecule has 0 radical (unpaired) electrons. The van der Waals surface area contributed by atoms with Crippen LogP contribution in [0.25, 0.3) is 0 Å². The highest BCUT2D eigenvalue weighted by Crippen LogP contribution is 2.33. The molecule has 2 atom stereocenters. The topological polar surface area (TPSA) is 15.3 Å². The molecule has 0 heterocycles. The summed E-state index contributed by atoms with van der Waals surface area (Å²) in [6.07, 6.45) is 1.11. The highest BCUT2D eigenvalue weighted by atomic mass is 15.2. The number of benzene rings is 1. The molecule has 2 heteroatoms. The molecule has 0 aliphatic heterocycles. The van der Waals surface area contributed by atoms with Crippen molar-refractivity contribution < 1.29 is 0 Å². The first-order valence-electron chi connectivity index (χ1n) is 8.18. The van der Waals surface area contributed by atoms with Crippen LogP contribution in [0.15, 0.2) is 24.3 Å². The lowest BCUT2D eigenvalue weighted by Gasteiger charge is -2.43. The van der Waals surface area contributed by atoms with Gasteiger partial charge >= 0.3 is 0 Å². The first-order chi connectivity index (χ1) is 9.66. The van der Waals surface area contributed by atoms with Crippen molar-refractivity contribution in [1.29, 1.82) is 0 Å². The molecule has 1 N–H and O–H groups in total. The standard InChI is InChI=1S/C19H34N2/c1-9-19(6,21(7)8)17(20-10-2)15-11-13-16(14-12-15)18(3,4)5/h11-14,17,20H,9-10H2,1-8H3. The molecule has 1 aromatic carbocycles. The van der Waals surface area contributed by atoms with Crippen molar-refractivity contribution in [2.24, 2.45) is 0 Å². The van der Waals surface area contributed by atoms with Crippen LogP contribution >= 0.6 is 0 Å². The maximum absolute atomic E-state index is 3.69. The van der Waals surface area contributed by atoms with Crippen LogP contribution in [0.4, 0.5) is 0 Å². The van der Waals surface area contributed by atoms with Gasteiger partial charge in [-0.1, -0.05) is 58.9 Å². The Morgan fingerprint density at radius 3 is 1.86 bits per heavy atom. The van der Waals surface area contributed by atoms with Gasteiger partial charge in [0.05, 0.1) is 6.04 Å². The van der Waals surface area contributed by atoms with E-state index in [2.05, 4.69) is 90.1 Å². The smallest absolute Gasteiger partial charge is 0.0504 e. The molecule has 0 aliphatic carbocycles. The van der Waals surface area contributed by atoms with Gasteiger partial charge in [0.1, 0.15) is 0 Å². The van der Waals surface area contributed by atoms with Crippen molar-refractivity contribution in [3.05, 3.63) is 35.4 Å². The molecule has 0 fully saturated rings. The summed E-state index contributed by atoms with van der Waals surface area (Å²) in [4.78, 5) is 2.35. The van der Waals surface area contributed by atoms with E-state index in [1.54, 1.807) is 0 Å². The molecule has 1 aromatic rings. The van der Waals surface area contributed by atoms with Gasteiger partial charge in [-0.3, -0.25) is 0 Å². The third kappa shape index (κ3) is 4.08. The van der Waals surface area contributed by atoms with E-state index in [4.69, 9.17) is 0 Å². The van der Waals surface area contributed by atoms with Crippen molar-refractivity contribution in [3.8, 4) is 0 Å². The maximum Gasteiger partial charge on any atom is 0.0504 e. The summed E-state index contributed by atoms with van der Waals surface area (Å²) in [5.74, 6) is 0. The van der Waals surface area contributed by atoms with Gasteiger partial charge in [-0.05, 0) is 50.5 Å². The minimum absolute atomic E-state index is 0.110. The van der Waals surface area contributed by atoms with Crippen LogP contribution < -0.4 is 5.32 Å². The first kappa shape index (κ1) is 18.2. The Kier molecular flexibility index (Phi) is 6.01. The number of hydrogen-bond acceptors (Lipinski definition) is 2. The lowest BCUT2D eigenvalue weighted by Crippen LogP contribution is -2.51. The van der Waals surface area contributed by atoms with E-state index in [1.165, 1.54) is 11.1 Å². The molecule has 0 bridgehead atoms. The molecule has 1 rings (SSSR count). The summed E-state index contributed by atoms with van der Waals surface area (Å²) in [6, 6.07) is 9.50. The zero-order valence-electron chi connectivity index (χ0n) is 15.2. The minimum atomic E-state index is 0.110. The third-order valence-corrected chi connectivity index (χ3v) is 4.88. The van der Waals surface area contributed by atoms with Crippen LogP contribution in [0.3, 0.4) is 0 Å². The van der Waals surface area contributed by atoms with Crippen molar-refractivity contribution in [2.75, 3.05) is 20.6 Å². The van der Waals surface area contributed by atoms with Gasteiger partial charge in [0.25, 0.3) is 0 Å². The molecular weight excluding hydrogens is 256 g/mol. The monoisotopic (exact) mass is 290 g/mol. The Morgan fingerprint density at radius 2 is 1.52 bits per heavy atom. The minimum Gasteiger partial charge on any atom is -0.309 e. The Bertz CT molecular complexity index is 428. The van der Waals surface area contributed by atoms with E-state index < -0.39 is 0 Å². The highest BCUT2D eigenvalue weighted by Gasteiger charge is 2.35. The molecule has 0 saturated carbocycles. The van der Waals surface area contributed by atoms with Crippen molar-refractivity contribution in [1.82, 2.24) is 10.2 Å². The summed E-state index contributed by atoms with van der Waals surface area (Å²) in [5, 5.41) is 3.69. The average molecular weight is 290 g/mol. The summed E-state index contributed by atoms with van der Waals surface area (Å²) in [6.45, 7) is 14.6.